The molecule has 2 nitrogen and oxygen atoms in total. The van der Waals surface area contributed by atoms with Gasteiger partial charge in [0.1, 0.15) is 11.6 Å². The first-order valence-electron chi connectivity index (χ1n) is 6.66. The predicted octanol–water partition coefficient (Wildman–Crippen LogP) is 3.69. The molecule has 2 N–H and O–H groups in total. The van der Waals surface area contributed by atoms with Crippen molar-refractivity contribution in [1.82, 2.24) is 0 Å². The molecule has 2 aromatic rings. The Morgan fingerprint density at radius 2 is 1.75 bits per heavy atom. The number of halogens is 1. The molecular formula is C17H20FNO. The van der Waals surface area contributed by atoms with Gasteiger partial charge in [0, 0.05) is 11.6 Å². The molecule has 0 fully saturated rings. The lowest BCUT2D eigenvalue weighted by molar-refractivity contribution is 0.407. The van der Waals surface area contributed by atoms with Gasteiger partial charge in [-0.05, 0) is 43.5 Å². The van der Waals surface area contributed by atoms with Gasteiger partial charge in [-0.25, -0.2) is 4.39 Å². The Morgan fingerprint density at radius 1 is 1.10 bits per heavy atom. The van der Waals surface area contributed by atoms with Gasteiger partial charge in [-0.1, -0.05) is 29.8 Å². The van der Waals surface area contributed by atoms with Crippen molar-refractivity contribution in [2.24, 2.45) is 5.73 Å². The molecule has 0 amide bonds. The topological polar surface area (TPSA) is 35.2 Å². The molecule has 0 radical (unpaired) electrons. The van der Waals surface area contributed by atoms with Gasteiger partial charge < -0.3 is 10.5 Å². The highest BCUT2D eigenvalue weighted by Crippen LogP contribution is 2.26. The second kappa shape index (κ2) is 6.06. The standard InChI is InChI=1S/C17H20FNO/c1-11-5-7-17(20-3)13(8-11)10-16(19)14-6-4-12(2)9-15(14)18/h4-9,16H,10,19H2,1-3H3. The molecule has 0 aromatic heterocycles. The first-order chi connectivity index (χ1) is 9.51. The minimum Gasteiger partial charge on any atom is -0.496 e. The number of ether oxygens (including phenoxy) is 1. The van der Waals surface area contributed by atoms with E-state index in [-0.39, 0.29) is 11.9 Å². The van der Waals surface area contributed by atoms with Crippen molar-refractivity contribution in [3.8, 4) is 5.75 Å². The van der Waals surface area contributed by atoms with E-state index in [1.807, 2.05) is 38.1 Å². The van der Waals surface area contributed by atoms with Crippen molar-refractivity contribution >= 4 is 0 Å². The van der Waals surface area contributed by atoms with Gasteiger partial charge in [0.05, 0.1) is 7.11 Å². The first-order valence-corrected chi connectivity index (χ1v) is 6.66. The van der Waals surface area contributed by atoms with Crippen molar-refractivity contribution in [2.45, 2.75) is 26.3 Å². The summed E-state index contributed by atoms with van der Waals surface area (Å²) in [4.78, 5) is 0. The van der Waals surface area contributed by atoms with Crippen molar-refractivity contribution in [2.75, 3.05) is 7.11 Å². The number of rotatable bonds is 4. The maximum Gasteiger partial charge on any atom is 0.128 e. The second-order valence-corrected chi connectivity index (χ2v) is 5.15. The number of hydrogen-bond donors (Lipinski definition) is 1. The molecule has 0 spiro atoms. The van der Waals surface area contributed by atoms with Crippen LogP contribution in [0.15, 0.2) is 36.4 Å². The van der Waals surface area contributed by atoms with E-state index >= 15 is 0 Å². The predicted molar refractivity (Wildman–Crippen MR) is 79.5 cm³/mol. The zero-order chi connectivity index (χ0) is 14.7. The van der Waals surface area contributed by atoms with Crippen LogP contribution < -0.4 is 10.5 Å². The average molecular weight is 273 g/mol. The second-order valence-electron chi connectivity index (χ2n) is 5.15. The Bertz CT molecular complexity index is 610. The van der Waals surface area contributed by atoms with Crippen LogP contribution in [0.4, 0.5) is 4.39 Å². The largest absolute Gasteiger partial charge is 0.496 e. The Hall–Kier alpha value is -1.87. The fraction of sp³-hybridized carbons (Fsp3) is 0.294. The van der Waals surface area contributed by atoms with Crippen molar-refractivity contribution in [3.05, 3.63) is 64.5 Å². The molecule has 20 heavy (non-hydrogen) atoms. The molecule has 0 heterocycles. The zero-order valence-corrected chi connectivity index (χ0v) is 12.1. The quantitative estimate of drug-likeness (QED) is 0.922. The van der Waals surface area contributed by atoms with Gasteiger partial charge in [0.2, 0.25) is 0 Å². The van der Waals surface area contributed by atoms with Gasteiger partial charge in [0.25, 0.3) is 0 Å². The molecule has 2 aromatic carbocycles. The Labute approximate surface area is 119 Å². The minimum absolute atomic E-state index is 0.246. The van der Waals surface area contributed by atoms with Crippen molar-refractivity contribution in [3.63, 3.8) is 0 Å². The van der Waals surface area contributed by atoms with Crippen LogP contribution >= 0.6 is 0 Å². The van der Waals surface area contributed by atoms with Gasteiger partial charge in [-0.15, -0.1) is 0 Å². The van der Waals surface area contributed by atoms with E-state index in [9.17, 15) is 4.39 Å². The van der Waals surface area contributed by atoms with Crippen LogP contribution in [0.25, 0.3) is 0 Å². The number of aryl methyl sites for hydroxylation is 2. The van der Waals surface area contributed by atoms with Crippen LogP contribution in [-0.2, 0) is 6.42 Å². The summed E-state index contributed by atoms with van der Waals surface area (Å²) < 4.78 is 19.3. The third-order valence-electron chi connectivity index (χ3n) is 3.43. The minimum atomic E-state index is -0.383. The van der Waals surface area contributed by atoms with Gasteiger partial charge >= 0.3 is 0 Å². The Kier molecular flexibility index (Phi) is 4.40. The monoisotopic (exact) mass is 273 g/mol. The zero-order valence-electron chi connectivity index (χ0n) is 12.1. The molecule has 1 atom stereocenters. The van der Waals surface area contributed by atoms with E-state index < -0.39 is 0 Å². The van der Waals surface area contributed by atoms with Gasteiger partial charge in [0.15, 0.2) is 0 Å². The Morgan fingerprint density at radius 3 is 2.40 bits per heavy atom. The molecule has 3 heteroatoms. The summed E-state index contributed by atoms with van der Waals surface area (Å²) in [5.74, 6) is 0.544. The molecule has 0 aliphatic rings. The van der Waals surface area contributed by atoms with Crippen molar-refractivity contribution in [1.29, 1.82) is 0 Å². The summed E-state index contributed by atoms with van der Waals surface area (Å²) >= 11 is 0. The summed E-state index contributed by atoms with van der Waals surface area (Å²) in [5, 5.41) is 0. The maximum absolute atomic E-state index is 14.0. The summed E-state index contributed by atoms with van der Waals surface area (Å²) in [7, 11) is 1.63. The van der Waals surface area contributed by atoms with Crippen LogP contribution in [0.1, 0.15) is 28.3 Å². The van der Waals surface area contributed by atoms with Crippen LogP contribution in [0.5, 0.6) is 5.75 Å². The van der Waals surface area contributed by atoms with Crippen molar-refractivity contribution < 1.29 is 9.13 Å². The highest BCUT2D eigenvalue weighted by Gasteiger charge is 2.14. The molecule has 0 saturated heterocycles. The van der Waals surface area contributed by atoms with E-state index in [0.717, 1.165) is 22.4 Å². The number of hydrogen-bond acceptors (Lipinski definition) is 2. The van der Waals surface area contributed by atoms with Crippen LogP contribution in [0, 0.1) is 19.7 Å². The van der Waals surface area contributed by atoms with Crippen LogP contribution in [-0.4, -0.2) is 7.11 Å². The number of benzene rings is 2. The van der Waals surface area contributed by atoms with E-state index in [1.165, 1.54) is 6.07 Å². The third kappa shape index (κ3) is 3.17. The van der Waals surface area contributed by atoms with Crippen LogP contribution in [0.3, 0.4) is 0 Å². The molecule has 2 rings (SSSR count). The molecular weight excluding hydrogens is 253 g/mol. The lowest BCUT2D eigenvalue weighted by Crippen LogP contribution is -2.15. The maximum atomic E-state index is 14.0. The summed E-state index contributed by atoms with van der Waals surface area (Å²) in [6, 6.07) is 10.7. The number of methoxy groups -OCH3 is 1. The molecule has 0 aliphatic heterocycles. The molecule has 106 valence electrons. The van der Waals surface area contributed by atoms with Gasteiger partial charge in [-0.2, -0.15) is 0 Å². The van der Waals surface area contributed by atoms with Crippen LogP contribution in [0.2, 0.25) is 0 Å². The third-order valence-corrected chi connectivity index (χ3v) is 3.43. The highest BCUT2D eigenvalue weighted by atomic mass is 19.1. The first kappa shape index (κ1) is 14.5. The smallest absolute Gasteiger partial charge is 0.128 e. The van der Waals surface area contributed by atoms with E-state index in [4.69, 9.17) is 10.5 Å². The summed E-state index contributed by atoms with van der Waals surface area (Å²) in [6.07, 6.45) is 0.546. The number of nitrogens with two attached hydrogens (primary N) is 1. The lowest BCUT2D eigenvalue weighted by Gasteiger charge is -2.16. The fourth-order valence-corrected chi connectivity index (χ4v) is 2.35. The summed E-state index contributed by atoms with van der Waals surface area (Å²) in [6.45, 7) is 3.88. The Balaban J connectivity index is 2.27. The highest BCUT2D eigenvalue weighted by molar-refractivity contribution is 5.38. The molecule has 1 unspecified atom stereocenters. The van der Waals surface area contributed by atoms with E-state index in [0.29, 0.717) is 12.0 Å². The molecule has 0 bridgehead atoms. The SMILES string of the molecule is COc1ccc(C)cc1CC(N)c1ccc(C)cc1F. The average Bonchev–Trinajstić information content (AvgIpc) is 2.38. The summed E-state index contributed by atoms with van der Waals surface area (Å²) in [5.41, 5.74) is 9.73. The molecule has 0 aliphatic carbocycles. The van der Waals surface area contributed by atoms with E-state index in [2.05, 4.69) is 0 Å². The normalized spacial score (nSPS) is 12.2. The lowest BCUT2D eigenvalue weighted by atomic mass is 9.97. The fourth-order valence-electron chi connectivity index (χ4n) is 2.35. The van der Waals surface area contributed by atoms with Gasteiger partial charge in [-0.3, -0.25) is 0 Å². The molecule has 0 saturated carbocycles. The van der Waals surface area contributed by atoms with E-state index in [1.54, 1.807) is 13.2 Å².